The maximum Gasteiger partial charge on any atom is 0.326 e. The van der Waals surface area contributed by atoms with Crippen LogP contribution >= 0.6 is 11.8 Å². The number of phenols is 1. The normalized spacial score (nSPS) is 13.5. The summed E-state index contributed by atoms with van der Waals surface area (Å²) >= 11 is 1.43. The van der Waals surface area contributed by atoms with Crippen molar-refractivity contribution in [2.75, 3.05) is 25.2 Å². The molecule has 172 valence electrons. The molecule has 3 amide bonds. The van der Waals surface area contributed by atoms with E-state index in [4.69, 9.17) is 10.8 Å². The minimum atomic E-state index is -1.19. The number of benzene rings is 1. The Bertz CT molecular complexity index is 760. The number of thioether (sulfide) groups is 1. The molecule has 1 rings (SSSR count). The van der Waals surface area contributed by atoms with Crippen molar-refractivity contribution in [1.29, 1.82) is 0 Å². The molecule has 0 saturated carbocycles. The van der Waals surface area contributed by atoms with Gasteiger partial charge in [0, 0.05) is 6.42 Å². The third kappa shape index (κ3) is 9.68. The lowest BCUT2D eigenvalue weighted by molar-refractivity contribution is -0.142. The van der Waals surface area contributed by atoms with Gasteiger partial charge in [0.25, 0.3) is 0 Å². The van der Waals surface area contributed by atoms with Crippen molar-refractivity contribution >= 4 is 35.5 Å². The van der Waals surface area contributed by atoms with Crippen LogP contribution in [-0.4, -0.2) is 82.3 Å². The van der Waals surface area contributed by atoms with Crippen LogP contribution in [0.3, 0.4) is 0 Å². The van der Waals surface area contributed by atoms with E-state index in [-0.39, 0.29) is 18.6 Å². The van der Waals surface area contributed by atoms with Crippen molar-refractivity contribution in [2.45, 2.75) is 31.0 Å². The Morgan fingerprint density at radius 2 is 1.71 bits per heavy atom. The molecule has 3 unspecified atom stereocenters. The summed E-state index contributed by atoms with van der Waals surface area (Å²) in [5, 5.41) is 34.7. The molecular weight excluding hydrogens is 428 g/mol. The van der Waals surface area contributed by atoms with Crippen molar-refractivity contribution in [1.82, 2.24) is 16.0 Å². The van der Waals surface area contributed by atoms with E-state index in [0.717, 1.165) is 0 Å². The zero-order chi connectivity index (χ0) is 23.4. The fraction of sp³-hybridized carbons (Fsp3) is 0.474. The Balaban J connectivity index is 2.87. The molecule has 11 nitrogen and oxygen atoms in total. The number of aromatic hydroxyl groups is 1. The fourth-order valence-electron chi connectivity index (χ4n) is 2.47. The molecule has 8 N–H and O–H groups in total. The van der Waals surface area contributed by atoms with Crippen LogP contribution in [0, 0.1) is 0 Å². The van der Waals surface area contributed by atoms with Gasteiger partial charge in [0.1, 0.15) is 23.9 Å². The zero-order valence-electron chi connectivity index (χ0n) is 17.0. The summed E-state index contributed by atoms with van der Waals surface area (Å²) in [6.45, 7) is -1.08. The van der Waals surface area contributed by atoms with Gasteiger partial charge in [0.2, 0.25) is 17.7 Å². The van der Waals surface area contributed by atoms with Crippen LogP contribution in [0.4, 0.5) is 0 Å². The van der Waals surface area contributed by atoms with E-state index in [0.29, 0.717) is 11.3 Å². The number of carboxylic acids is 1. The topological polar surface area (TPSA) is 191 Å². The molecule has 0 aliphatic rings. The number of carbonyl (C=O) groups is 4. The van der Waals surface area contributed by atoms with Crippen LogP contribution in [0.1, 0.15) is 12.0 Å². The molecule has 0 aliphatic heterocycles. The number of hydrogen-bond acceptors (Lipinski definition) is 8. The smallest absolute Gasteiger partial charge is 0.326 e. The second-order valence-corrected chi connectivity index (χ2v) is 7.66. The van der Waals surface area contributed by atoms with Gasteiger partial charge in [-0.15, -0.1) is 0 Å². The largest absolute Gasteiger partial charge is 0.508 e. The summed E-state index contributed by atoms with van der Waals surface area (Å²) in [5.74, 6) is -2.78. The van der Waals surface area contributed by atoms with Gasteiger partial charge in [-0.1, -0.05) is 12.1 Å². The Morgan fingerprint density at radius 1 is 1.06 bits per heavy atom. The third-order valence-corrected chi connectivity index (χ3v) is 4.85. The average molecular weight is 457 g/mol. The first kappa shape index (κ1) is 26.2. The summed E-state index contributed by atoms with van der Waals surface area (Å²) in [5.41, 5.74) is 5.97. The van der Waals surface area contributed by atoms with Crippen LogP contribution in [0.15, 0.2) is 24.3 Å². The van der Waals surface area contributed by atoms with Crippen LogP contribution in [0.2, 0.25) is 0 Å². The monoisotopic (exact) mass is 456 g/mol. The summed E-state index contributed by atoms with van der Waals surface area (Å²) < 4.78 is 0. The molecule has 0 radical (unpaired) electrons. The highest BCUT2D eigenvalue weighted by Crippen LogP contribution is 2.12. The van der Waals surface area contributed by atoms with Gasteiger partial charge < -0.3 is 37.0 Å². The molecule has 0 bridgehead atoms. The highest BCUT2D eigenvalue weighted by atomic mass is 32.2. The van der Waals surface area contributed by atoms with Gasteiger partial charge in [-0.3, -0.25) is 14.4 Å². The number of aliphatic hydroxyl groups excluding tert-OH is 1. The Hall–Kier alpha value is -2.83. The lowest BCUT2D eigenvalue weighted by Crippen LogP contribution is -2.54. The van der Waals surface area contributed by atoms with Crippen molar-refractivity contribution in [3.8, 4) is 5.75 Å². The van der Waals surface area contributed by atoms with E-state index in [1.165, 1.54) is 23.9 Å². The number of nitrogens with two attached hydrogens (primary N) is 1. The summed E-state index contributed by atoms with van der Waals surface area (Å²) in [4.78, 5) is 48.0. The number of aliphatic hydroxyl groups is 1. The first-order valence-corrected chi connectivity index (χ1v) is 10.8. The summed E-state index contributed by atoms with van der Waals surface area (Å²) in [6, 6.07) is 2.52. The van der Waals surface area contributed by atoms with Crippen LogP contribution in [0.5, 0.6) is 5.75 Å². The Labute approximate surface area is 183 Å². The Kier molecular flexibility index (Phi) is 11.4. The van der Waals surface area contributed by atoms with Gasteiger partial charge >= 0.3 is 5.97 Å². The molecule has 12 heteroatoms. The molecule has 3 atom stereocenters. The van der Waals surface area contributed by atoms with Gasteiger partial charge in [0.05, 0.1) is 13.2 Å². The first-order chi connectivity index (χ1) is 14.7. The zero-order valence-corrected chi connectivity index (χ0v) is 17.9. The number of nitrogens with one attached hydrogen (secondary N) is 3. The van der Waals surface area contributed by atoms with Gasteiger partial charge in [-0.05, 0) is 36.1 Å². The van der Waals surface area contributed by atoms with Crippen LogP contribution in [0.25, 0.3) is 0 Å². The maximum absolute atomic E-state index is 12.7. The molecule has 1 aromatic carbocycles. The fourth-order valence-corrected chi connectivity index (χ4v) is 2.94. The molecular formula is C19H28N4O7S. The van der Waals surface area contributed by atoms with Crippen molar-refractivity contribution < 1.29 is 34.5 Å². The first-order valence-electron chi connectivity index (χ1n) is 9.41. The molecule has 0 aliphatic carbocycles. The van der Waals surface area contributed by atoms with Crippen molar-refractivity contribution in [3.05, 3.63) is 29.8 Å². The SMILES string of the molecule is CSCCC(NC(=O)C(Cc1ccc(O)cc1)NC(=O)CNC(=O)C(N)CO)C(=O)O. The molecule has 0 aromatic heterocycles. The standard InChI is InChI=1S/C19H28N4O7S/c1-31-7-6-14(19(29)30)23-18(28)15(8-11-2-4-12(25)5-3-11)22-16(26)9-21-17(27)13(20)10-24/h2-5,13-15,24-25H,6-10,20H2,1H3,(H,21,27)(H,22,26)(H,23,28)(H,29,30). The van der Waals surface area contributed by atoms with Crippen LogP contribution in [-0.2, 0) is 25.6 Å². The van der Waals surface area contributed by atoms with E-state index in [2.05, 4.69) is 16.0 Å². The summed E-state index contributed by atoms with van der Waals surface area (Å²) in [7, 11) is 0. The minimum Gasteiger partial charge on any atom is -0.508 e. The van der Waals surface area contributed by atoms with E-state index < -0.39 is 55.0 Å². The number of hydrogen-bond donors (Lipinski definition) is 7. The maximum atomic E-state index is 12.7. The minimum absolute atomic E-state index is 0.0246. The van der Waals surface area contributed by atoms with Gasteiger partial charge in [-0.2, -0.15) is 11.8 Å². The predicted octanol–water partition coefficient (Wildman–Crippen LogP) is -1.82. The summed E-state index contributed by atoms with van der Waals surface area (Å²) in [6.07, 6.45) is 2.04. The van der Waals surface area contributed by atoms with Gasteiger partial charge in [0.15, 0.2) is 0 Å². The number of rotatable bonds is 13. The lowest BCUT2D eigenvalue weighted by Gasteiger charge is -2.22. The molecule has 0 fully saturated rings. The molecule has 0 spiro atoms. The highest BCUT2D eigenvalue weighted by Gasteiger charge is 2.27. The Morgan fingerprint density at radius 3 is 2.26 bits per heavy atom. The number of aliphatic carboxylic acids is 1. The van der Waals surface area contributed by atoms with E-state index in [1.54, 1.807) is 12.1 Å². The van der Waals surface area contributed by atoms with Crippen molar-refractivity contribution in [2.24, 2.45) is 5.73 Å². The third-order valence-electron chi connectivity index (χ3n) is 4.21. The average Bonchev–Trinajstić information content (AvgIpc) is 2.74. The van der Waals surface area contributed by atoms with E-state index in [9.17, 15) is 29.4 Å². The highest BCUT2D eigenvalue weighted by molar-refractivity contribution is 7.98. The van der Waals surface area contributed by atoms with E-state index in [1.807, 2.05) is 6.26 Å². The number of phenolic OH excluding ortho intramolecular Hbond substituents is 1. The van der Waals surface area contributed by atoms with E-state index >= 15 is 0 Å². The second-order valence-electron chi connectivity index (χ2n) is 6.68. The molecule has 1 aromatic rings. The molecule has 31 heavy (non-hydrogen) atoms. The second kappa shape index (κ2) is 13.5. The predicted molar refractivity (Wildman–Crippen MR) is 114 cm³/mol. The number of amides is 3. The van der Waals surface area contributed by atoms with Gasteiger partial charge in [-0.25, -0.2) is 4.79 Å². The lowest BCUT2D eigenvalue weighted by atomic mass is 10.0. The van der Waals surface area contributed by atoms with Crippen molar-refractivity contribution in [3.63, 3.8) is 0 Å². The molecule has 0 saturated heterocycles. The number of carboxylic acid groups (broad SMARTS) is 1. The quantitative estimate of drug-likeness (QED) is 0.179. The van der Waals surface area contributed by atoms with Crippen LogP contribution < -0.4 is 21.7 Å². The molecule has 0 heterocycles. The number of carbonyl (C=O) groups excluding carboxylic acids is 3.